The lowest BCUT2D eigenvalue weighted by atomic mass is 10.1. The van der Waals surface area contributed by atoms with E-state index in [0.29, 0.717) is 0 Å². The van der Waals surface area contributed by atoms with Gasteiger partial charge in [-0.25, -0.2) is 0 Å². The van der Waals surface area contributed by atoms with E-state index in [1.807, 2.05) is 6.66 Å². The molecule has 0 amide bonds. The lowest BCUT2D eigenvalue weighted by Crippen LogP contribution is -1.83. The quantitative estimate of drug-likeness (QED) is 0.358. The molecule has 92 valence electrons. The smallest absolute Gasteiger partial charge is 0.0732 e. The van der Waals surface area contributed by atoms with Crippen molar-refractivity contribution in [3.63, 3.8) is 0 Å². The highest BCUT2D eigenvalue weighted by Gasteiger charge is 1.93. The zero-order valence-electron chi connectivity index (χ0n) is 10.7. The van der Waals surface area contributed by atoms with Gasteiger partial charge < -0.3 is 4.57 Å². The molecule has 0 N–H and O–H groups in total. The van der Waals surface area contributed by atoms with Crippen LogP contribution in [-0.2, 0) is 4.57 Å². The molecule has 1 nitrogen and oxygen atoms in total. The van der Waals surface area contributed by atoms with Crippen molar-refractivity contribution in [2.24, 2.45) is 0 Å². The first-order chi connectivity index (χ1) is 7.27. The number of hydrogen-bond donors (Lipinski definition) is 0. The SMILES string of the molecule is CCCCCCCCCCCC[PH](C)=O. The van der Waals surface area contributed by atoms with Gasteiger partial charge in [0.25, 0.3) is 0 Å². The molecule has 0 aromatic carbocycles. The van der Waals surface area contributed by atoms with Gasteiger partial charge in [0.15, 0.2) is 0 Å². The average molecular weight is 232 g/mol. The summed E-state index contributed by atoms with van der Waals surface area (Å²) in [7, 11) is -1.19. The van der Waals surface area contributed by atoms with Crippen molar-refractivity contribution in [2.75, 3.05) is 12.8 Å². The Labute approximate surface area is 96.8 Å². The highest BCUT2D eigenvalue weighted by molar-refractivity contribution is 7.43. The molecule has 1 unspecified atom stereocenters. The first kappa shape index (κ1) is 15.2. The van der Waals surface area contributed by atoms with Gasteiger partial charge in [-0.1, -0.05) is 64.7 Å². The van der Waals surface area contributed by atoms with E-state index in [1.54, 1.807) is 0 Å². The van der Waals surface area contributed by atoms with E-state index in [4.69, 9.17) is 0 Å². The second-order valence-corrected chi connectivity index (χ2v) is 6.54. The molecule has 0 saturated carbocycles. The summed E-state index contributed by atoms with van der Waals surface area (Å²) in [5.74, 6) is 0. The van der Waals surface area contributed by atoms with E-state index >= 15 is 0 Å². The summed E-state index contributed by atoms with van der Waals surface area (Å²) in [4.78, 5) is 0. The van der Waals surface area contributed by atoms with Crippen molar-refractivity contribution in [3.05, 3.63) is 0 Å². The first-order valence-electron chi connectivity index (χ1n) is 6.76. The Kier molecular flexibility index (Phi) is 12.5. The van der Waals surface area contributed by atoms with Gasteiger partial charge in [-0.05, 0) is 19.2 Å². The van der Waals surface area contributed by atoms with Crippen LogP contribution in [0.3, 0.4) is 0 Å². The maximum atomic E-state index is 10.9. The van der Waals surface area contributed by atoms with Crippen LogP contribution in [0.25, 0.3) is 0 Å². The van der Waals surface area contributed by atoms with Crippen LogP contribution in [0.2, 0.25) is 0 Å². The Hall–Kier alpha value is 0.230. The maximum Gasteiger partial charge on any atom is 0.0732 e. The van der Waals surface area contributed by atoms with E-state index in [1.165, 1.54) is 64.2 Å². The summed E-state index contributed by atoms with van der Waals surface area (Å²) in [6, 6.07) is 0. The lowest BCUT2D eigenvalue weighted by Gasteiger charge is -2.01. The predicted molar refractivity (Wildman–Crippen MR) is 71.6 cm³/mol. The van der Waals surface area contributed by atoms with Gasteiger partial charge in [0.1, 0.15) is 0 Å². The monoisotopic (exact) mass is 232 g/mol. The Bertz CT molecular complexity index is 145. The Morgan fingerprint density at radius 3 is 1.53 bits per heavy atom. The van der Waals surface area contributed by atoms with Crippen molar-refractivity contribution >= 4 is 7.80 Å². The minimum Gasteiger partial charge on any atom is -0.327 e. The zero-order chi connectivity index (χ0) is 11.4. The molecule has 0 heterocycles. The van der Waals surface area contributed by atoms with Crippen molar-refractivity contribution in [1.29, 1.82) is 0 Å². The fourth-order valence-electron chi connectivity index (χ4n) is 1.86. The predicted octanol–water partition coefficient (Wildman–Crippen LogP) is 5.10. The van der Waals surface area contributed by atoms with Crippen LogP contribution >= 0.6 is 7.80 Å². The second-order valence-electron chi connectivity index (χ2n) is 4.63. The molecule has 0 aromatic heterocycles. The Balaban J connectivity index is 2.89. The van der Waals surface area contributed by atoms with Gasteiger partial charge in [-0.2, -0.15) is 0 Å². The fraction of sp³-hybridized carbons (Fsp3) is 1.00. The highest BCUT2D eigenvalue weighted by atomic mass is 31.1. The van der Waals surface area contributed by atoms with Crippen LogP contribution in [0.15, 0.2) is 0 Å². The third kappa shape index (κ3) is 14.2. The third-order valence-corrected chi connectivity index (χ3v) is 3.94. The summed E-state index contributed by atoms with van der Waals surface area (Å²) in [6.45, 7) is 4.14. The van der Waals surface area contributed by atoms with Crippen LogP contribution < -0.4 is 0 Å². The molecule has 0 aliphatic carbocycles. The molecule has 0 rings (SSSR count). The van der Waals surface area contributed by atoms with Gasteiger partial charge in [0, 0.05) is 0 Å². The zero-order valence-corrected chi connectivity index (χ0v) is 11.7. The molecule has 0 fully saturated rings. The third-order valence-electron chi connectivity index (χ3n) is 2.88. The molecule has 0 aliphatic rings. The van der Waals surface area contributed by atoms with E-state index in [-0.39, 0.29) is 0 Å². The molecule has 0 bridgehead atoms. The van der Waals surface area contributed by atoms with E-state index in [2.05, 4.69) is 6.92 Å². The van der Waals surface area contributed by atoms with Gasteiger partial charge >= 0.3 is 0 Å². The fourth-order valence-corrected chi connectivity index (χ4v) is 2.61. The van der Waals surface area contributed by atoms with Crippen LogP contribution in [0, 0.1) is 0 Å². The van der Waals surface area contributed by atoms with Gasteiger partial charge in [0.2, 0.25) is 0 Å². The Morgan fingerprint density at radius 2 is 1.13 bits per heavy atom. The molecule has 0 aliphatic heterocycles. The summed E-state index contributed by atoms with van der Waals surface area (Å²) in [6.07, 6.45) is 14.6. The number of unbranched alkanes of at least 4 members (excludes halogenated alkanes) is 9. The molecular formula is C13H29OP. The molecule has 0 radical (unpaired) electrons. The molecule has 2 heteroatoms. The second kappa shape index (κ2) is 12.3. The Morgan fingerprint density at radius 1 is 0.733 bits per heavy atom. The summed E-state index contributed by atoms with van der Waals surface area (Å²) in [5.41, 5.74) is 0. The van der Waals surface area contributed by atoms with Crippen molar-refractivity contribution in [2.45, 2.75) is 71.1 Å². The molecular weight excluding hydrogens is 203 g/mol. The summed E-state index contributed by atoms with van der Waals surface area (Å²) in [5, 5.41) is 0. The van der Waals surface area contributed by atoms with Gasteiger partial charge in [0.05, 0.1) is 7.80 Å². The van der Waals surface area contributed by atoms with Crippen LogP contribution in [0.4, 0.5) is 0 Å². The van der Waals surface area contributed by atoms with Gasteiger partial charge in [-0.15, -0.1) is 0 Å². The minimum absolute atomic E-state index is 0.973. The molecule has 15 heavy (non-hydrogen) atoms. The minimum atomic E-state index is -1.19. The topological polar surface area (TPSA) is 17.1 Å². The van der Waals surface area contributed by atoms with E-state index < -0.39 is 7.80 Å². The van der Waals surface area contributed by atoms with Crippen LogP contribution in [0.1, 0.15) is 71.1 Å². The van der Waals surface area contributed by atoms with Crippen molar-refractivity contribution in [1.82, 2.24) is 0 Å². The highest BCUT2D eigenvalue weighted by Crippen LogP contribution is 2.17. The summed E-state index contributed by atoms with van der Waals surface area (Å²) < 4.78 is 10.9. The lowest BCUT2D eigenvalue weighted by molar-refractivity contribution is 0.559. The van der Waals surface area contributed by atoms with E-state index in [0.717, 1.165) is 6.16 Å². The number of rotatable bonds is 11. The molecule has 1 atom stereocenters. The summed E-state index contributed by atoms with van der Waals surface area (Å²) >= 11 is 0. The standard InChI is InChI=1S/C13H29OP/c1-3-4-5-6-7-8-9-10-11-12-13-15(2)14/h15H,3-13H2,1-2H3. The largest absolute Gasteiger partial charge is 0.327 e. The maximum absolute atomic E-state index is 10.9. The first-order valence-corrected chi connectivity index (χ1v) is 8.88. The van der Waals surface area contributed by atoms with Crippen LogP contribution in [-0.4, -0.2) is 12.8 Å². The molecule has 0 spiro atoms. The normalized spacial score (nSPS) is 12.9. The molecule has 0 saturated heterocycles. The van der Waals surface area contributed by atoms with Gasteiger partial charge in [-0.3, -0.25) is 0 Å². The molecule has 0 aromatic rings. The average Bonchev–Trinajstić information content (AvgIpc) is 2.20. The van der Waals surface area contributed by atoms with Crippen molar-refractivity contribution < 1.29 is 4.57 Å². The van der Waals surface area contributed by atoms with E-state index in [9.17, 15) is 4.57 Å². The van der Waals surface area contributed by atoms with Crippen molar-refractivity contribution in [3.8, 4) is 0 Å². The van der Waals surface area contributed by atoms with Crippen LogP contribution in [0.5, 0.6) is 0 Å². The number of hydrogen-bond acceptors (Lipinski definition) is 1.